The van der Waals surface area contributed by atoms with Gasteiger partial charge in [0, 0.05) is 19.4 Å². The van der Waals surface area contributed by atoms with Crippen molar-refractivity contribution in [3.8, 4) is 5.75 Å². The first-order valence-electron chi connectivity index (χ1n) is 6.84. The summed E-state index contributed by atoms with van der Waals surface area (Å²) in [4.78, 5) is 10.9. The summed E-state index contributed by atoms with van der Waals surface area (Å²) in [6.45, 7) is 4.08. The van der Waals surface area contributed by atoms with E-state index in [9.17, 15) is 9.90 Å². The van der Waals surface area contributed by atoms with Gasteiger partial charge in [-0.05, 0) is 35.3 Å². The van der Waals surface area contributed by atoms with Crippen molar-refractivity contribution in [3.63, 3.8) is 0 Å². The molecule has 4 nitrogen and oxygen atoms in total. The number of hydrogen-bond acceptors (Lipinski definition) is 3. The summed E-state index contributed by atoms with van der Waals surface area (Å²) in [6.07, 6.45) is 2.10. The number of aliphatic hydroxyl groups is 1. The summed E-state index contributed by atoms with van der Waals surface area (Å²) in [7, 11) is 1.64. The van der Waals surface area contributed by atoms with Crippen molar-refractivity contribution in [2.24, 2.45) is 0 Å². The molecular weight excluding hydrogens is 254 g/mol. The quantitative estimate of drug-likeness (QED) is 0.884. The Balaban J connectivity index is 2.27. The van der Waals surface area contributed by atoms with Crippen LogP contribution in [0.1, 0.15) is 37.3 Å². The van der Waals surface area contributed by atoms with Gasteiger partial charge in [0.15, 0.2) is 0 Å². The summed E-state index contributed by atoms with van der Waals surface area (Å²) >= 11 is 0. The maximum Gasteiger partial charge on any atom is 0.216 e. The van der Waals surface area contributed by atoms with Gasteiger partial charge in [-0.1, -0.05) is 19.1 Å². The third kappa shape index (κ3) is 3.02. The molecule has 0 heterocycles. The number of methoxy groups -OCH3 is 1. The molecular formula is C16H21NO3. The second kappa shape index (κ2) is 6.09. The highest BCUT2D eigenvalue weighted by molar-refractivity contribution is 5.75. The highest BCUT2D eigenvalue weighted by atomic mass is 16.5. The lowest BCUT2D eigenvalue weighted by Gasteiger charge is -2.27. The van der Waals surface area contributed by atoms with E-state index in [0.29, 0.717) is 13.0 Å². The summed E-state index contributed by atoms with van der Waals surface area (Å²) in [5, 5.41) is 12.9. The van der Waals surface area contributed by atoms with Crippen molar-refractivity contribution >= 4 is 11.5 Å². The average Bonchev–Trinajstić information content (AvgIpc) is 2.43. The van der Waals surface area contributed by atoms with Crippen LogP contribution in [-0.2, 0) is 4.79 Å². The Labute approximate surface area is 119 Å². The number of carbonyl (C=O) groups is 1. The number of benzene rings is 1. The van der Waals surface area contributed by atoms with Crippen LogP contribution in [0.5, 0.6) is 5.75 Å². The highest BCUT2D eigenvalue weighted by Gasteiger charge is 2.25. The molecule has 0 radical (unpaired) electrons. The first-order chi connectivity index (χ1) is 9.52. The Morgan fingerprint density at radius 2 is 2.20 bits per heavy atom. The molecule has 0 aliphatic heterocycles. The fraction of sp³-hybridized carbons (Fsp3) is 0.438. The van der Waals surface area contributed by atoms with Crippen LogP contribution in [0.3, 0.4) is 0 Å². The van der Waals surface area contributed by atoms with E-state index in [4.69, 9.17) is 4.74 Å². The number of rotatable bonds is 4. The fourth-order valence-electron chi connectivity index (χ4n) is 2.55. The predicted molar refractivity (Wildman–Crippen MR) is 78.7 cm³/mol. The summed E-state index contributed by atoms with van der Waals surface area (Å²) in [5.41, 5.74) is 3.28. The van der Waals surface area contributed by atoms with E-state index in [-0.39, 0.29) is 11.8 Å². The summed E-state index contributed by atoms with van der Waals surface area (Å²) in [5.74, 6) is 0.833. The molecule has 0 aromatic heterocycles. The van der Waals surface area contributed by atoms with Gasteiger partial charge in [0.2, 0.25) is 5.91 Å². The number of hydrogen-bond donors (Lipinski definition) is 2. The van der Waals surface area contributed by atoms with Gasteiger partial charge < -0.3 is 15.2 Å². The SMILES string of the molecule is COc1ccc2c(c1)C(CCNC(C)=O)=CC(O)C2C. The molecule has 2 N–H and O–H groups in total. The molecule has 0 saturated heterocycles. The number of ether oxygens (including phenoxy) is 1. The van der Waals surface area contributed by atoms with Gasteiger partial charge in [-0.25, -0.2) is 0 Å². The Morgan fingerprint density at radius 3 is 2.85 bits per heavy atom. The van der Waals surface area contributed by atoms with Gasteiger partial charge in [-0.2, -0.15) is 0 Å². The molecule has 108 valence electrons. The van der Waals surface area contributed by atoms with E-state index < -0.39 is 6.10 Å². The van der Waals surface area contributed by atoms with Crippen molar-refractivity contribution in [2.45, 2.75) is 32.3 Å². The lowest BCUT2D eigenvalue weighted by molar-refractivity contribution is -0.118. The normalized spacial score (nSPS) is 20.9. The van der Waals surface area contributed by atoms with E-state index >= 15 is 0 Å². The molecule has 1 amide bonds. The third-order valence-corrected chi connectivity index (χ3v) is 3.75. The van der Waals surface area contributed by atoms with Gasteiger partial charge in [0.05, 0.1) is 13.2 Å². The summed E-state index contributed by atoms with van der Waals surface area (Å²) in [6, 6.07) is 5.92. The van der Waals surface area contributed by atoms with Crippen LogP contribution in [0, 0.1) is 0 Å². The van der Waals surface area contributed by atoms with Crippen LogP contribution in [0.15, 0.2) is 24.3 Å². The van der Waals surface area contributed by atoms with Crippen molar-refractivity contribution < 1.29 is 14.6 Å². The molecule has 1 aromatic rings. The second-order valence-electron chi connectivity index (χ2n) is 5.16. The van der Waals surface area contributed by atoms with E-state index in [1.807, 2.05) is 31.2 Å². The smallest absolute Gasteiger partial charge is 0.216 e. The molecule has 2 unspecified atom stereocenters. The highest BCUT2D eigenvalue weighted by Crippen LogP contribution is 2.37. The molecule has 1 aliphatic carbocycles. The van der Waals surface area contributed by atoms with Crippen LogP contribution in [0.25, 0.3) is 5.57 Å². The van der Waals surface area contributed by atoms with Crippen molar-refractivity contribution in [1.29, 1.82) is 0 Å². The standard InChI is InChI=1S/C16H21NO3/c1-10-14-5-4-13(20-3)9-15(14)12(8-16(10)19)6-7-17-11(2)18/h4-5,8-10,16,19H,6-7H2,1-3H3,(H,17,18). The summed E-state index contributed by atoms with van der Waals surface area (Å²) < 4.78 is 5.27. The molecule has 0 bridgehead atoms. The fourth-order valence-corrected chi connectivity index (χ4v) is 2.55. The van der Waals surface area contributed by atoms with Crippen LogP contribution in [0.4, 0.5) is 0 Å². The van der Waals surface area contributed by atoms with E-state index in [1.165, 1.54) is 6.92 Å². The zero-order valence-electron chi connectivity index (χ0n) is 12.1. The van der Waals surface area contributed by atoms with Crippen LogP contribution in [0.2, 0.25) is 0 Å². The first kappa shape index (κ1) is 14.6. The van der Waals surface area contributed by atoms with Crippen molar-refractivity contribution in [1.82, 2.24) is 5.32 Å². The topological polar surface area (TPSA) is 58.6 Å². The minimum absolute atomic E-state index is 0.0406. The Kier molecular flexibility index (Phi) is 4.45. The first-order valence-corrected chi connectivity index (χ1v) is 6.84. The monoisotopic (exact) mass is 275 g/mol. The lowest BCUT2D eigenvalue weighted by atomic mass is 9.81. The molecule has 2 rings (SSSR count). The van der Waals surface area contributed by atoms with Crippen LogP contribution in [-0.4, -0.2) is 30.8 Å². The maximum atomic E-state index is 10.9. The van der Waals surface area contributed by atoms with Gasteiger partial charge in [0.1, 0.15) is 5.75 Å². The van der Waals surface area contributed by atoms with Crippen molar-refractivity contribution in [3.05, 3.63) is 35.4 Å². The predicted octanol–water partition coefficient (Wildman–Crippen LogP) is 2.08. The van der Waals surface area contributed by atoms with Gasteiger partial charge in [-0.15, -0.1) is 0 Å². The minimum Gasteiger partial charge on any atom is -0.497 e. The number of fused-ring (bicyclic) bond motifs is 1. The number of aliphatic hydroxyl groups excluding tert-OH is 1. The molecule has 0 fully saturated rings. The second-order valence-corrected chi connectivity index (χ2v) is 5.16. The zero-order valence-corrected chi connectivity index (χ0v) is 12.1. The third-order valence-electron chi connectivity index (χ3n) is 3.75. The lowest BCUT2D eigenvalue weighted by Crippen LogP contribution is -2.23. The maximum absolute atomic E-state index is 10.9. The molecule has 0 saturated carbocycles. The van der Waals surface area contributed by atoms with E-state index in [2.05, 4.69) is 5.32 Å². The Hall–Kier alpha value is -1.81. The van der Waals surface area contributed by atoms with Crippen LogP contribution < -0.4 is 10.1 Å². The van der Waals surface area contributed by atoms with Gasteiger partial charge in [-0.3, -0.25) is 4.79 Å². The minimum atomic E-state index is -0.483. The van der Waals surface area contributed by atoms with Crippen molar-refractivity contribution in [2.75, 3.05) is 13.7 Å². The molecule has 1 aromatic carbocycles. The Bertz CT molecular complexity index is 537. The number of carbonyl (C=O) groups excluding carboxylic acids is 1. The zero-order chi connectivity index (χ0) is 14.7. The van der Waals surface area contributed by atoms with Gasteiger partial charge in [0.25, 0.3) is 0 Å². The number of nitrogens with one attached hydrogen (secondary N) is 1. The van der Waals surface area contributed by atoms with E-state index in [1.54, 1.807) is 7.11 Å². The molecule has 0 spiro atoms. The largest absolute Gasteiger partial charge is 0.497 e. The molecule has 4 heteroatoms. The molecule has 20 heavy (non-hydrogen) atoms. The average molecular weight is 275 g/mol. The van der Waals surface area contributed by atoms with Gasteiger partial charge >= 0.3 is 0 Å². The molecule has 2 atom stereocenters. The van der Waals surface area contributed by atoms with E-state index in [0.717, 1.165) is 22.4 Å². The number of amides is 1. The van der Waals surface area contributed by atoms with Crippen LogP contribution >= 0.6 is 0 Å². The Morgan fingerprint density at radius 1 is 1.45 bits per heavy atom. The molecule has 1 aliphatic rings.